The third kappa shape index (κ3) is 4.80. The Labute approximate surface area is 236 Å². The second-order valence-corrected chi connectivity index (χ2v) is 12.1. The number of amides is 1. The molecular formula is C31H41N2O7+. The number of ether oxygens (including phenoxy) is 3. The molecule has 2 heterocycles. The first-order chi connectivity index (χ1) is 18.8. The van der Waals surface area contributed by atoms with E-state index >= 15 is 0 Å². The van der Waals surface area contributed by atoms with Gasteiger partial charge in [0.15, 0.2) is 29.3 Å². The van der Waals surface area contributed by atoms with E-state index in [-0.39, 0.29) is 23.5 Å². The van der Waals surface area contributed by atoms with Crippen LogP contribution in [0.4, 0.5) is 5.69 Å². The molecule has 4 rings (SSSR count). The summed E-state index contributed by atoms with van der Waals surface area (Å²) in [4.78, 5) is 41.0. The van der Waals surface area contributed by atoms with Gasteiger partial charge in [-0.2, -0.15) is 0 Å². The molecule has 2 aromatic carbocycles. The lowest BCUT2D eigenvalue weighted by molar-refractivity contribution is -0.164. The lowest BCUT2D eigenvalue weighted by atomic mass is 9.70. The smallest absolute Gasteiger partial charge is 0.344 e. The normalized spacial score (nSPS) is 26.9. The maximum atomic E-state index is 14.6. The van der Waals surface area contributed by atoms with Crippen molar-refractivity contribution in [3.05, 3.63) is 53.1 Å². The van der Waals surface area contributed by atoms with E-state index < -0.39 is 34.7 Å². The number of aryl methyl sites for hydroxylation is 1. The summed E-state index contributed by atoms with van der Waals surface area (Å²) < 4.78 is 17.4. The first-order valence-electron chi connectivity index (χ1n) is 13.6. The standard InChI is InChI=1S/C31H40N2O7/c1-19-11-12-23-22(15-19)27(21-9-8-10-24(38-6)28(21)39-7)40-16-26(35)33(23,18-30(3,4)5)25-13-14-32-17-31(25,20(2)34)29(36)37/h8-12,15,25,27,32H,13-14,16-18H2,1-7H3/p+1/t25-,27?,31+,33?/m1/s1. The number of Topliss-reactive ketones (excluding diaryl/α,β-unsaturated/α-hetero) is 1. The molecule has 1 saturated heterocycles. The zero-order chi connectivity index (χ0) is 29.5. The molecule has 1 amide bonds. The minimum absolute atomic E-state index is 0.0467. The van der Waals surface area contributed by atoms with E-state index in [1.165, 1.54) is 6.92 Å². The molecule has 0 saturated carbocycles. The molecule has 40 heavy (non-hydrogen) atoms. The summed E-state index contributed by atoms with van der Waals surface area (Å²) in [6.07, 6.45) is -0.365. The van der Waals surface area contributed by atoms with Crippen LogP contribution in [0.1, 0.15) is 56.9 Å². The van der Waals surface area contributed by atoms with Crippen molar-refractivity contribution in [2.45, 2.75) is 53.2 Å². The number of para-hydroxylation sites is 1. The number of quaternary nitrogens is 1. The summed E-state index contributed by atoms with van der Waals surface area (Å²) in [5.41, 5.74) is 0.837. The van der Waals surface area contributed by atoms with Gasteiger partial charge in [-0.15, -0.1) is 0 Å². The predicted octanol–water partition coefficient (Wildman–Crippen LogP) is 4.03. The fraction of sp³-hybridized carbons (Fsp3) is 0.516. The highest BCUT2D eigenvalue weighted by Crippen LogP contribution is 2.50. The highest BCUT2D eigenvalue weighted by molar-refractivity contribution is 6.05. The average Bonchev–Trinajstić information content (AvgIpc) is 3.01. The van der Waals surface area contributed by atoms with Crippen molar-refractivity contribution in [3.8, 4) is 11.5 Å². The number of carboxylic acid groups (broad SMARTS) is 1. The molecular weight excluding hydrogens is 512 g/mol. The molecule has 0 spiro atoms. The molecule has 1 fully saturated rings. The third-order valence-electron chi connectivity index (χ3n) is 8.26. The van der Waals surface area contributed by atoms with Crippen molar-refractivity contribution in [2.24, 2.45) is 10.8 Å². The number of methoxy groups -OCH3 is 2. The van der Waals surface area contributed by atoms with Crippen LogP contribution in [0, 0.1) is 17.8 Å². The number of nitrogens with one attached hydrogen (secondary N) is 1. The zero-order valence-corrected chi connectivity index (χ0v) is 24.5. The average molecular weight is 554 g/mol. The Morgan fingerprint density at radius 1 is 1.15 bits per heavy atom. The lowest BCUT2D eigenvalue weighted by Gasteiger charge is -2.51. The number of carbonyl (C=O) groups is 3. The largest absolute Gasteiger partial charge is 0.493 e. The number of hydrogen-bond acceptors (Lipinski definition) is 7. The van der Waals surface area contributed by atoms with Crippen LogP contribution in [-0.4, -0.2) is 69.3 Å². The van der Waals surface area contributed by atoms with E-state index in [2.05, 4.69) is 5.32 Å². The quantitative estimate of drug-likeness (QED) is 0.391. The first kappa shape index (κ1) is 29.7. The second-order valence-electron chi connectivity index (χ2n) is 12.1. The molecule has 9 nitrogen and oxygen atoms in total. The summed E-state index contributed by atoms with van der Waals surface area (Å²) in [6, 6.07) is 10.5. The number of benzene rings is 2. The van der Waals surface area contributed by atoms with Crippen LogP contribution >= 0.6 is 0 Å². The molecule has 0 radical (unpaired) electrons. The summed E-state index contributed by atoms with van der Waals surface area (Å²) in [7, 11) is 3.12. The highest BCUT2D eigenvalue weighted by atomic mass is 16.5. The number of nitrogens with zero attached hydrogens (tertiary/aromatic N) is 1. The van der Waals surface area contributed by atoms with Gasteiger partial charge in [-0.3, -0.25) is 9.59 Å². The van der Waals surface area contributed by atoms with Gasteiger partial charge in [0.25, 0.3) is 0 Å². The number of carboxylic acids is 1. The summed E-state index contributed by atoms with van der Waals surface area (Å²) in [6.45, 7) is 9.83. The van der Waals surface area contributed by atoms with Crippen LogP contribution in [0.2, 0.25) is 0 Å². The number of fused-ring (bicyclic) bond motifs is 1. The molecule has 0 bridgehead atoms. The van der Waals surface area contributed by atoms with Gasteiger partial charge >= 0.3 is 11.9 Å². The van der Waals surface area contributed by atoms with Gasteiger partial charge in [-0.25, -0.2) is 9.28 Å². The number of rotatable bonds is 7. The fourth-order valence-electron chi connectivity index (χ4n) is 6.70. The Kier molecular flexibility index (Phi) is 8.13. The topological polar surface area (TPSA) is 111 Å². The first-order valence-corrected chi connectivity index (χ1v) is 13.6. The minimum atomic E-state index is -1.80. The zero-order valence-electron chi connectivity index (χ0n) is 24.5. The molecule has 216 valence electrons. The Hall–Kier alpha value is -3.27. The number of carbonyl (C=O) groups excluding carboxylic acids is 2. The predicted molar refractivity (Wildman–Crippen MR) is 152 cm³/mol. The Balaban J connectivity index is 2.10. The molecule has 2 N–H and O–H groups in total. The van der Waals surface area contributed by atoms with E-state index in [0.717, 1.165) is 11.1 Å². The van der Waals surface area contributed by atoms with Gasteiger partial charge in [-0.1, -0.05) is 44.5 Å². The molecule has 2 unspecified atom stereocenters. The second kappa shape index (κ2) is 11.0. The van der Waals surface area contributed by atoms with Gasteiger partial charge in [0.05, 0.1) is 20.8 Å². The number of hydrogen-bond donors (Lipinski definition) is 2. The van der Waals surface area contributed by atoms with Crippen LogP contribution in [0.15, 0.2) is 36.4 Å². The summed E-state index contributed by atoms with van der Waals surface area (Å²) >= 11 is 0. The van der Waals surface area contributed by atoms with Crippen molar-refractivity contribution in [2.75, 3.05) is 40.5 Å². The van der Waals surface area contributed by atoms with E-state index in [0.29, 0.717) is 42.3 Å². The minimum Gasteiger partial charge on any atom is -0.493 e. The Morgan fingerprint density at radius 3 is 2.48 bits per heavy atom. The van der Waals surface area contributed by atoms with Gasteiger partial charge in [0, 0.05) is 42.1 Å². The number of aliphatic carboxylic acids is 1. The molecule has 0 aromatic heterocycles. The molecule has 2 aliphatic heterocycles. The van der Waals surface area contributed by atoms with Gasteiger partial charge in [0.1, 0.15) is 17.8 Å². The van der Waals surface area contributed by atoms with Gasteiger partial charge in [0.2, 0.25) is 0 Å². The highest BCUT2D eigenvalue weighted by Gasteiger charge is 2.65. The number of piperidine rings is 1. The van der Waals surface area contributed by atoms with Crippen molar-refractivity contribution < 1.29 is 33.7 Å². The van der Waals surface area contributed by atoms with Gasteiger partial charge in [-0.05, 0) is 26.0 Å². The van der Waals surface area contributed by atoms with E-state index in [9.17, 15) is 19.5 Å². The fourth-order valence-corrected chi connectivity index (χ4v) is 6.70. The van der Waals surface area contributed by atoms with Crippen molar-refractivity contribution in [1.29, 1.82) is 0 Å². The van der Waals surface area contributed by atoms with Crippen LogP contribution < -0.4 is 19.3 Å². The summed E-state index contributed by atoms with van der Waals surface area (Å²) in [5, 5.41) is 13.8. The third-order valence-corrected chi connectivity index (χ3v) is 8.26. The van der Waals surface area contributed by atoms with Crippen LogP contribution in [-0.2, 0) is 19.1 Å². The molecule has 2 aliphatic rings. The maximum Gasteiger partial charge on any atom is 0.344 e. The molecule has 9 heteroatoms. The van der Waals surface area contributed by atoms with E-state index in [4.69, 9.17) is 14.2 Å². The summed E-state index contributed by atoms with van der Waals surface area (Å²) in [5.74, 6) is -0.939. The van der Waals surface area contributed by atoms with Crippen LogP contribution in [0.25, 0.3) is 0 Å². The SMILES string of the molecule is COc1cccc(C2OCC(=O)[N+](CC(C)(C)C)([C@@H]3CCNC[C@@]3(C(C)=O)C(=O)O)c3ccc(C)cc32)c1OC. The number of ketones is 1. The van der Waals surface area contributed by atoms with E-state index in [1.807, 2.05) is 58.0 Å². The monoisotopic (exact) mass is 553 g/mol. The van der Waals surface area contributed by atoms with Crippen molar-refractivity contribution in [3.63, 3.8) is 0 Å². The Morgan fingerprint density at radius 2 is 1.88 bits per heavy atom. The van der Waals surface area contributed by atoms with Crippen molar-refractivity contribution >= 4 is 23.3 Å². The lowest BCUT2D eigenvalue weighted by Crippen LogP contribution is -2.75. The molecule has 2 aromatic rings. The van der Waals surface area contributed by atoms with Gasteiger partial charge < -0.3 is 24.6 Å². The molecule has 4 atom stereocenters. The maximum absolute atomic E-state index is 14.6. The van der Waals surface area contributed by atoms with Crippen LogP contribution in [0.5, 0.6) is 11.5 Å². The van der Waals surface area contributed by atoms with Crippen molar-refractivity contribution in [1.82, 2.24) is 9.80 Å². The van der Waals surface area contributed by atoms with E-state index in [1.54, 1.807) is 20.3 Å². The van der Waals surface area contributed by atoms with Crippen LogP contribution in [0.3, 0.4) is 0 Å². The Bertz CT molecular complexity index is 1300. The molecule has 0 aliphatic carbocycles.